The van der Waals surface area contributed by atoms with Crippen molar-refractivity contribution >= 4 is 0 Å². The van der Waals surface area contributed by atoms with E-state index in [9.17, 15) is 8.78 Å². The third kappa shape index (κ3) is 2.15. The maximum absolute atomic E-state index is 13.1. The molecule has 0 saturated carbocycles. The normalized spacial score (nSPS) is 10.2. The summed E-state index contributed by atoms with van der Waals surface area (Å²) in [5.74, 6) is -1.15. The van der Waals surface area contributed by atoms with Crippen LogP contribution >= 0.6 is 0 Å². The van der Waals surface area contributed by atoms with Crippen LogP contribution in [0.2, 0.25) is 0 Å². The van der Waals surface area contributed by atoms with Crippen LogP contribution in [0.15, 0.2) is 12.1 Å². The van der Waals surface area contributed by atoms with Crippen molar-refractivity contribution in [3.8, 4) is 5.75 Å². The Morgan fingerprint density at radius 1 is 1.15 bits per heavy atom. The van der Waals surface area contributed by atoms with Crippen molar-refractivity contribution < 1.29 is 18.3 Å². The minimum Gasteiger partial charge on any atom is -0.497 e. The van der Waals surface area contributed by atoms with Crippen LogP contribution in [-0.2, 0) is 11.3 Å². The highest BCUT2D eigenvalue weighted by Crippen LogP contribution is 2.20. The summed E-state index contributed by atoms with van der Waals surface area (Å²) in [7, 11) is 2.73. The molecular formula is C9H10F2O2. The molecule has 0 aliphatic heterocycles. The lowest BCUT2D eigenvalue weighted by atomic mass is 10.2. The summed E-state index contributed by atoms with van der Waals surface area (Å²) < 4.78 is 35.5. The van der Waals surface area contributed by atoms with E-state index in [0.29, 0.717) is 0 Å². The average molecular weight is 188 g/mol. The summed E-state index contributed by atoms with van der Waals surface area (Å²) >= 11 is 0. The summed E-state index contributed by atoms with van der Waals surface area (Å²) in [4.78, 5) is 0. The molecule has 4 heteroatoms. The topological polar surface area (TPSA) is 18.5 Å². The number of methoxy groups -OCH3 is 2. The molecule has 0 radical (unpaired) electrons. The Labute approximate surface area is 75.1 Å². The zero-order valence-electron chi connectivity index (χ0n) is 7.43. The third-order valence-corrected chi connectivity index (χ3v) is 1.64. The van der Waals surface area contributed by atoms with Crippen LogP contribution in [0.1, 0.15) is 5.56 Å². The van der Waals surface area contributed by atoms with Gasteiger partial charge in [0, 0.05) is 24.8 Å². The van der Waals surface area contributed by atoms with Gasteiger partial charge in [0.1, 0.15) is 17.4 Å². The lowest BCUT2D eigenvalue weighted by Gasteiger charge is -2.06. The highest BCUT2D eigenvalue weighted by molar-refractivity contribution is 5.30. The van der Waals surface area contributed by atoms with Crippen molar-refractivity contribution in [2.45, 2.75) is 6.61 Å². The molecule has 0 N–H and O–H groups in total. The van der Waals surface area contributed by atoms with Crippen LogP contribution in [0.4, 0.5) is 8.78 Å². The molecule has 0 aliphatic carbocycles. The first-order chi connectivity index (χ1) is 6.19. The number of benzene rings is 1. The Kier molecular flexibility index (Phi) is 3.19. The first-order valence-electron chi connectivity index (χ1n) is 3.70. The van der Waals surface area contributed by atoms with E-state index in [-0.39, 0.29) is 17.9 Å². The van der Waals surface area contributed by atoms with Gasteiger partial charge in [0.05, 0.1) is 13.7 Å². The number of ether oxygens (including phenoxy) is 2. The standard InChI is InChI=1S/C9H10F2O2/c1-12-5-7-8(10)3-6(13-2)4-9(7)11/h3-4H,5H2,1-2H3. The van der Waals surface area contributed by atoms with Crippen molar-refractivity contribution in [3.05, 3.63) is 29.3 Å². The second kappa shape index (κ2) is 4.18. The molecule has 1 aromatic carbocycles. The van der Waals surface area contributed by atoms with E-state index in [4.69, 9.17) is 0 Å². The van der Waals surface area contributed by atoms with Gasteiger partial charge in [-0.15, -0.1) is 0 Å². The van der Waals surface area contributed by atoms with Gasteiger partial charge in [-0.1, -0.05) is 0 Å². The summed E-state index contributed by atoms with van der Waals surface area (Å²) in [6.45, 7) is -0.0817. The molecule has 13 heavy (non-hydrogen) atoms. The van der Waals surface area contributed by atoms with Crippen molar-refractivity contribution in [1.82, 2.24) is 0 Å². The Morgan fingerprint density at radius 2 is 1.69 bits per heavy atom. The minimum atomic E-state index is -0.654. The van der Waals surface area contributed by atoms with Crippen molar-refractivity contribution in [1.29, 1.82) is 0 Å². The Hall–Kier alpha value is -1.16. The maximum atomic E-state index is 13.1. The molecule has 0 aliphatic rings. The van der Waals surface area contributed by atoms with Gasteiger partial charge in [0.15, 0.2) is 0 Å². The monoisotopic (exact) mass is 188 g/mol. The van der Waals surface area contributed by atoms with Crippen molar-refractivity contribution in [2.24, 2.45) is 0 Å². The van der Waals surface area contributed by atoms with Gasteiger partial charge in [-0.3, -0.25) is 0 Å². The Morgan fingerprint density at radius 3 is 2.08 bits per heavy atom. The highest BCUT2D eigenvalue weighted by atomic mass is 19.1. The molecule has 2 nitrogen and oxygen atoms in total. The molecule has 0 fully saturated rings. The largest absolute Gasteiger partial charge is 0.497 e. The van der Waals surface area contributed by atoms with E-state index in [1.54, 1.807) is 0 Å². The van der Waals surface area contributed by atoms with Gasteiger partial charge in [0.2, 0.25) is 0 Å². The summed E-state index contributed by atoms with van der Waals surface area (Å²) in [5.41, 5.74) is -0.0803. The van der Waals surface area contributed by atoms with Crippen LogP contribution in [0.3, 0.4) is 0 Å². The third-order valence-electron chi connectivity index (χ3n) is 1.64. The fraction of sp³-hybridized carbons (Fsp3) is 0.333. The fourth-order valence-corrected chi connectivity index (χ4v) is 0.980. The van der Waals surface area contributed by atoms with Crippen LogP contribution in [0.5, 0.6) is 5.75 Å². The fourth-order valence-electron chi connectivity index (χ4n) is 0.980. The van der Waals surface area contributed by atoms with E-state index in [1.807, 2.05) is 0 Å². The first-order valence-corrected chi connectivity index (χ1v) is 3.70. The van der Waals surface area contributed by atoms with E-state index in [2.05, 4.69) is 9.47 Å². The quantitative estimate of drug-likeness (QED) is 0.723. The molecule has 1 rings (SSSR count). The second-order valence-electron chi connectivity index (χ2n) is 2.50. The van der Waals surface area contributed by atoms with Crippen LogP contribution in [0, 0.1) is 11.6 Å². The predicted molar refractivity (Wildman–Crippen MR) is 43.6 cm³/mol. The zero-order chi connectivity index (χ0) is 9.84. The summed E-state index contributed by atoms with van der Waals surface area (Å²) in [5, 5.41) is 0. The molecular weight excluding hydrogens is 178 g/mol. The smallest absolute Gasteiger partial charge is 0.135 e. The van der Waals surface area contributed by atoms with E-state index >= 15 is 0 Å². The molecule has 72 valence electrons. The number of halogens is 2. The molecule has 0 bridgehead atoms. The van der Waals surface area contributed by atoms with Crippen molar-refractivity contribution in [2.75, 3.05) is 14.2 Å². The lowest BCUT2D eigenvalue weighted by Crippen LogP contribution is -1.98. The second-order valence-corrected chi connectivity index (χ2v) is 2.50. The highest BCUT2D eigenvalue weighted by Gasteiger charge is 2.10. The molecule has 0 atom stereocenters. The van der Waals surface area contributed by atoms with Gasteiger partial charge >= 0.3 is 0 Å². The summed E-state index contributed by atoms with van der Waals surface area (Å²) in [6.07, 6.45) is 0. The maximum Gasteiger partial charge on any atom is 0.135 e. The number of rotatable bonds is 3. The first kappa shape index (κ1) is 9.92. The Bertz CT molecular complexity index is 277. The predicted octanol–water partition coefficient (Wildman–Crippen LogP) is 2.12. The van der Waals surface area contributed by atoms with Crippen LogP contribution < -0.4 is 4.74 Å². The molecule has 0 aromatic heterocycles. The van der Waals surface area contributed by atoms with Gasteiger partial charge in [-0.05, 0) is 0 Å². The van der Waals surface area contributed by atoms with Crippen molar-refractivity contribution in [3.63, 3.8) is 0 Å². The number of hydrogen-bond donors (Lipinski definition) is 0. The van der Waals surface area contributed by atoms with Gasteiger partial charge in [-0.2, -0.15) is 0 Å². The molecule has 1 aromatic rings. The zero-order valence-corrected chi connectivity index (χ0v) is 7.43. The molecule has 0 unspecified atom stereocenters. The summed E-state index contributed by atoms with van der Waals surface area (Å²) in [6, 6.07) is 2.24. The SMILES string of the molecule is COCc1c(F)cc(OC)cc1F. The molecule has 0 heterocycles. The molecule has 0 amide bonds. The molecule has 0 saturated heterocycles. The van der Waals surface area contributed by atoms with E-state index in [1.165, 1.54) is 14.2 Å². The minimum absolute atomic E-state index is 0.0803. The van der Waals surface area contributed by atoms with Crippen LogP contribution in [0.25, 0.3) is 0 Å². The van der Waals surface area contributed by atoms with Crippen LogP contribution in [-0.4, -0.2) is 14.2 Å². The van der Waals surface area contributed by atoms with E-state index < -0.39 is 11.6 Å². The number of hydrogen-bond acceptors (Lipinski definition) is 2. The Balaban J connectivity index is 3.07. The lowest BCUT2D eigenvalue weighted by molar-refractivity contribution is 0.177. The average Bonchev–Trinajstić information content (AvgIpc) is 2.11. The van der Waals surface area contributed by atoms with Gasteiger partial charge < -0.3 is 9.47 Å². The van der Waals surface area contributed by atoms with Gasteiger partial charge in [0.25, 0.3) is 0 Å². The molecule has 0 spiro atoms. The van der Waals surface area contributed by atoms with E-state index in [0.717, 1.165) is 12.1 Å². The van der Waals surface area contributed by atoms with Gasteiger partial charge in [-0.25, -0.2) is 8.78 Å².